The third-order valence-electron chi connectivity index (χ3n) is 3.74. The predicted octanol–water partition coefficient (Wildman–Crippen LogP) is 3.16. The second-order valence-electron chi connectivity index (χ2n) is 5.10. The van der Waals surface area contributed by atoms with E-state index in [1.165, 1.54) is 12.0 Å². The quantitative estimate of drug-likeness (QED) is 0.937. The molecule has 0 spiro atoms. The molecule has 1 fully saturated rings. The maximum atomic E-state index is 5.61. The lowest BCUT2D eigenvalue weighted by Crippen LogP contribution is -2.24. The second-order valence-corrected chi connectivity index (χ2v) is 5.96. The Kier molecular flexibility index (Phi) is 3.98. The Hall–Kier alpha value is -1.46. The molecule has 2 heterocycles. The van der Waals surface area contributed by atoms with Gasteiger partial charge < -0.3 is 5.73 Å². The molecular formula is C15H17BrN4. The van der Waals surface area contributed by atoms with Gasteiger partial charge in [0.2, 0.25) is 0 Å². The maximum absolute atomic E-state index is 5.61. The molecular weight excluding hydrogens is 316 g/mol. The van der Waals surface area contributed by atoms with Crippen molar-refractivity contribution in [2.24, 2.45) is 0 Å². The van der Waals surface area contributed by atoms with E-state index in [9.17, 15) is 0 Å². The summed E-state index contributed by atoms with van der Waals surface area (Å²) in [7, 11) is 0. The maximum Gasteiger partial charge on any atom is 0.146 e. The molecule has 1 aliphatic rings. The SMILES string of the molecule is Nc1ccc(C2CCCN2Cc2ccccc2Br)nn1. The van der Waals surface area contributed by atoms with Crippen molar-refractivity contribution < 1.29 is 0 Å². The molecule has 5 heteroatoms. The van der Waals surface area contributed by atoms with Crippen molar-refractivity contribution in [1.29, 1.82) is 0 Å². The van der Waals surface area contributed by atoms with Crippen molar-refractivity contribution in [3.05, 3.63) is 52.1 Å². The van der Waals surface area contributed by atoms with Crippen LogP contribution in [0.15, 0.2) is 40.9 Å². The zero-order valence-electron chi connectivity index (χ0n) is 11.2. The molecule has 1 atom stereocenters. The molecule has 4 nitrogen and oxygen atoms in total. The molecule has 1 aromatic carbocycles. The van der Waals surface area contributed by atoms with Crippen LogP contribution in [0.5, 0.6) is 0 Å². The monoisotopic (exact) mass is 332 g/mol. The fourth-order valence-electron chi connectivity index (χ4n) is 2.73. The average molecular weight is 333 g/mol. The highest BCUT2D eigenvalue weighted by molar-refractivity contribution is 9.10. The molecule has 1 unspecified atom stereocenters. The van der Waals surface area contributed by atoms with Gasteiger partial charge >= 0.3 is 0 Å². The molecule has 0 bridgehead atoms. The summed E-state index contributed by atoms with van der Waals surface area (Å²) in [4.78, 5) is 2.46. The number of nitrogens with zero attached hydrogens (tertiary/aromatic N) is 3. The Morgan fingerprint density at radius 2 is 2.05 bits per heavy atom. The number of nitrogen functional groups attached to an aromatic ring is 1. The molecule has 2 aromatic rings. The summed E-state index contributed by atoms with van der Waals surface area (Å²) in [5.41, 5.74) is 7.94. The number of aromatic nitrogens is 2. The van der Waals surface area contributed by atoms with E-state index >= 15 is 0 Å². The number of rotatable bonds is 3. The summed E-state index contributed by atoms with van der Waals surface area (Å²) in [6, 6.07) is 12.5. The summed E-state index contributed by atoms with van der Waals surface area (Å²) < 4.78 is 1.16. The lowest BCUT2D eigenvalue weighted by atomic mass is 10.1. The first-order chi connectivity index (χ1) is 9.74. The van der Waals surface area contributed by atoms with Gasteiger partial charge in [0.25, 0.3) is 0 Å². The number of hydrogen-bond acceptors (Lipinski definition) is 4. The van der Waals surface area contributed by atoms with Gasteiger partial charge in [-0.2, -0.15) is 5.10 Å². The fraction of sp³-hybridized carbons (Fsp3) is 0.333. The van der Waals surface area contributed by atoms with Crippen molar-refractivity contribution in [1.82, 2.24) is 15.1 Å². The highest BCUT2D eigenvalue weighted by Crippen LogP contribution is 2.33. The number of benzene rings is 1. The third kappa shape index (κ3) is 2.83. The van der Waals surface area contributed by atoms with Crippen LogP contribution in [-0.4, -0.2) is 21.6 Å². The first-order valence-electron chi connectivity index (χ1n) is 6.80. The Balaban J connectivity index is 1.79. The number of halogens is 1. The Morgan fingerprint density at radius 3 is 2.80 bits per heavy atom. The molecule has 1 aliphatic heterocycles. The van der Waals surface area contributed by atoms with E-state index in [2.05, 4.69) is 49.2 Å². The van der Waals surface area contributed by atoms with Crippen molar-refractivity contribution in [3.63, 3.8) is 0 Å². The molecule has 1 aromatic heterocycles. The van der Waals surface area contributed by atoms with E-state index < -0.39 is 0 Å². The van der Waals surface area contributed by atoms with Gasteiger partial charge in [-0.05, 0) is 43.1 Å². The zero-order chi connectivity index (χ0) is 13.9. The molecule has 20 heavy (non-hydrogen) atoms. The van der Waals surface area contributed by atoms with E-state index in [0.29, 0.717) is 11.9 Å². The lowest BCUT2D eigenvalue weighted by Gasteiger charge is -2.24. The average Bonchev–Trinajstić information content (AvgIpc) is 2.90. The minimum atomic E-state index is 0.343. The predicted molar refractivity (Wildman–Crippen MR) is 83.0 cm³/mol. The number of likely N-dealkylation sites (tertiary alicyclic amines) is 1. The van der Waals surface area contributed by atoms with Gasteiger partial charge in [-0.15, -0.1) is 5.10 Å². The van der Waals surface area contributed by atoms with E-state index in [1.54, 1.807) is 0 Å². The van der Waals surface area contributed by atoms with Crippen LogP contribution in [-0.2, 0) is 6.54 Å². The summed E-state index contributed by atoms with van der Waals surface area (Å²) in [5.74, 6) is 0.476. The van der Waals surface area contributed by atoms with E-state index in [0.717, 1.165) is 29.7 Å². The smallest absolute Gasteiger partial charge is 0.146 e. The molecule has 0 radical (unpaired) electrons. The minimum Gasteiger partial charge on any atom is -0.382 e. The highest BCUT2D eigenvalue weighted by atomic mass is 79.9. The van der Waals surface area contributed by atoms with Gasteiger partial charge in [-0.1, -0.05) is 34.1 Å². The summed E-state index contributed by atoms with van der Waals surface area (Å²) in [6.45, 7) is 2.02. The lowest BCUT2D eigenvalue weighted by molar-refractivity contribution is 0.243. The Morgan fingerprint density at radius 1 is 1.20 bits per heavy atom. The van der Waals surface area contributed by atoms with Crippen LogP contribution < -0.4 is 5.73 Å². The molecule has 104 valence electrons. The Labute approximate surface area is 127 Å². The standard InChI is InChI=1S/C15H17BrN4/c16-12-5-2-1-4-11(12)10-20-9-3-6-14(20)13-7-8-15(17)19-18-13/h1-2,4-5,7-8,14H,3,6,9-10H2,(H2,17,19). The van der Waals surface area contributed by atoms with E-state index in [1.807, 2.05) is 18.2 Å². The van der Waals surface area contributed by atoms with Crippen LogP contribution in [0.3, 0.4) is 0 Å². The van der Waals surface area contributed by atoms with Crippen molar-refractivity contribution in [2.75, 3.05) is 12.3 Å². The van der Waals surface area contributed by atoms with Crippen molar-refractivity contribution in [3.8, 4) is 0 Å². The fourth-order valence-corrected chi connectivity index (χ4v) is 3.14. The third-order valence-corrected chi connectivity index (χ3v) is 4.52. The van der Waals surface area contributed by atoms with Gasteiger partial charge in [0.05, 0.1) is 11.7 Å². The van der Waals surface area contributed by atoms with Crippen molar-refractivity contribution >= 4 is 21.7 Å². The van der Waals surface area contributed by atoms with Gasteiger partial charge in [-0.3, -0.25) is 4.90 Å². The van der Waals surface area contributed by atoms with Gasteiger partial charge in [0.15, 0.2) is 0 Å². The van der Waals surface area contributed by atoms with Crippen LogP contribution in [0, 0.1) is 0 Å². The summed E-state index contributed by atoms with van der Waals surface area (Å²) in [5, 5.41) is 8.22. The Bertz CT molecular complexity index is 585. The van der Waals surface area contributed by atoms with Crippen LogP contribution in [0.25, 0.3) is 0 Å². The van der Waals surface area contributed by atoms with Crippen LogP contribution >= 0.6 is 15.9 Å². The number of nitrogens with two attached hydrogens (primary N) is 1. The highest BCUT2D eigenvalue weighted by Gasteiger charge is 2.27. The first kappa shape index (κ1) is 13.5. The summed E-state index contributed by atoms with van der Waals surface area (Å²) >= 11 is 3.62. The summed E-state index contributed by atoms with van der Waals surface area (Å²) in [6.07, 6.45) is 2.32. The first-order valence-corrected chi connectivity index (χ1v) is 7.60. The number of anilines is 1. The van der Waals surface area contributed by atoms with Gasteiger partial charge in [-0.25, -0.2) is 0 Å². The normalized spacial score (nSPS) is 19.4. The molecule has 0 aliphatic carbocycles. The minimum absolute atomic E-state index is 0.343. The van der Waals surface area contributed by atoms with Crippen molar-refractivity contribution in [2.45, 2.75) is 25.4 Å². The zero-order valence-corrected chi connectivity index (χ0v) is 12.8. The molecule has 3 rings (SSSR count). The topological polar surface area (TPSA) is 55.0 Å². The molecule has 0 amide bonds. The molecule has 1 saturated heterocycles. The van der Waals surface area contributed by atoms with Crippen LogP contribution in [0.4, 0.5) is 5.82 Å². The largest absolute Gasteiger partial charge is 0.382 e. The van der Waals surface area contributed by atoms with E-state index in [-0.39, 0.29) is 0 Å². The number of hydrogen-bond donors (Lipinski definition) is 1. The molecule has 0 saturated carbocycles. The van der Waals surface area contributed by atoms with E-state index in [4.69, 9.17) is 5.73 Å². The van der Waals surface area contributed by atoms with Gasteiger partial charge in [0, 0.05) is 11.0 Å². The van der Waals surface area contributed by atoms with Crippen LogP contribution in [0.1, 0.15) is 30.1 Å². The molecule has 2 N–H and O–H groups in total. The van der Waals surface area contributed by atoms with Crippen LogP contribution in [0.2, 0.25) is 0 Å². The van der Waals surface area contributed by atoms with Gasteiger partial charge in [0.1, 0.15) is 5.82 Å². The second kappa shape index (κ2) is 5.89.